The van der Waals surface area contributed by atoms with Gasteiger partial charge in [0.2, 0.25) is 5.91 Å². The summed E-state index contributed by atoms with van der Waals surface area (Å²) in [6, 6.07) is 12.7. The average Bonchev–Trinajstić information content (AvgIpc) is 2.85. The average molecular weight is 561 g/mol. The highest BCUT2D eigenvalue weighted by molar-refractivity contribution is 8.00. The minimum absolute atomic E-state index is 0.00189. The van der Waals surface area contributed by atoms with E-state index < -0.39 is 34.5 Å². The molecular formula is C26H26F6N2O3S. The minimum atomic E-state index is -5.06. The summed E-state index contributed by atoms with van der Waals surface area (Å²) >= 11 is -0.237. The Kier molecular flexibility index (Phi) is 7.77. The lowest BCUT2D eigenvalue weighted by Crippen LogP contribution is -2.60. The zero-order chi connectivity index (χ0) is 27.8. The monoisotopic (exact) mass is 560 g/mol. The molecule has 0 unspecified atom stereocenters. The number of alkyl halides is 6. The first-order valence-electron chi connectivity index (χ1n) is 11.9. The Morgan fingerprint density at radius 3 is 2.18 bits per heavy atom. The summed E-state index contributed by atoms with van der Waals surface area (Å²) in [4.78, 5) is 27.0. The lowest BCUT2D eigenvalue weighted by atomic mass is 9.62. The second-order valence-corrected chi connectivity index (χ2v) is 10.6. The van der Waals surface area contributed by atoms with E-state index in [4.69, 9.17) is 4.74 Å². The molecule has 2 aliphatic heterocycles. The largest absolute Gasteiger partial charge is 0.446 e. The molecule has 1 spiro atoms. The minimum Gasteiger partial charge on any atom is -0.356 e. The first kappa shape index (κ1) is 28.3. The topological polar surface area (TPSA) is 58.6 Å². The van der Waals surface area contributed by atoms with Crippen molar-refractivity contribution in [1.82, 2.24) is 10.2 Å². The second kappa shape index (κ2) is 10.4. The smallest absolute Gasteiger partial charge is 0.356 e. The van der Waals surface area contributed by atoms with Gasteiger partial charge in [-0.3, -0.25) is 9.59 Å². The van der Waals surface area contributed by atoms with E-state index in [1.165, 1.54) is 42.5 Å². The SMILES string of the molecule is CO[C@@](C(=O)N1CCC2(CC1)CC(=O)NC[C@H]2c1ccccc1SC(F)(F)F)(c1ccccc1)C(F)(F)F. The van der Waals surface area contributed by atoms with Gasteiger partial charge in [-0.25, -0.2) is 0 Å². The maximum Gasteiger partial charge on any atom is 0.446 e. The predicted octanol–water partition coefficient (Wildman–Crippen LogP) is 5.62. The van der Waals surface area contributed by atoms with Crippen LogP contribution in [-0.4, -0.2) is 55.1 Å². The molecule has 4 rings (SSSR count). The number of amides is 2. The number of rotatable bonds is 5. The number of likely N-dealkylation sites (tertiary alicyclic amines) is 1. The van der Waals surface area contributed by atoms with Crippen molar-refractivity contribution in [1.29, 1.82) is 0 Å². The van der Waals surface area contributed by atoms with E-state index in [1.54, 1.807) is 12.1 Å². The zero-order valence-corrected chi connectivity index (χ0v) is 21.2. The number of hydrogen-bond donors (Lipinski definition) is 1. The Labute approximate surface area is 219 Å². The molecule has 5 nitrogen and oxygen atoms in total. The Bertz CT molecular complexity index is 1170. The molecule has 0 radical (unpaired) electrons. The third-order valence-electron chi connectivity index (χ3n) is 7.51. The van der Waals surface area contributed by atoms with Crippen LogP contribution in [0.5, 0.6) is 0 Å². The normalized spacial score (nSPS) is 21.6. The van der Waals surface area contributed by atoms with Gasteiger partial charge in [-0.05, 0) is 41.6 Å². The highest BCUT2D eigenvalue weighted by Crippen LogP contribution is 2.53. The van der Waals surface area contributed by atoms with Crippen LogP contribution < -0.4 is 5.32 Å². The first-order valence-corrected chi connectivity index (χ1v) is 12.7. The molecule has 2 aromatic carbocycles. The fraction of sp³-hybridized carbons (Fsp3) is 0.462. The lowest BCUT2D eigenvalue weighted by Gasteiger charge is -2.50. The van der Waals surface area contributed by atoms with Crippen molar-refractivity contribution in [2.45, 2.75) is 47.4 Å². The van der Waals surface area contributed by atoms with Crippen molar-refractivity contribution >= 4 is 23.6 Å². The molecule has 0 saturated carbocycles. The highest BCUT2D eigenvalue weighted by Gasteiger charge is 2.64. The number of nitrogens with one attached hydrogen (secondary N) is 1. The van der Waals surface area contributed by atoms with Crippen molar-refractivity contribution in [3.8, 4) is 0 Å². The molecule has 0 aliphatic carbocycles. The lowest BCUT2D eigenvalue weighted by molar-refractivity contribution is -0.271. The molecule has 2 amide bonds. The molecule has 206 valence electrons. The molecule has 12 heteroatoms. The van der Waals surface area contributed by atoms with Crippen molar-refractivity contribution in [2.75, 3.05) is 26.7 Å². The van der Waals surface area contributed by atoms with Gasteiger partial charge in [0.1, 0.15) is 0 Å². The van der Waals surface area contributed by atoms with E-state index in [1.807, 2.05) is 0 Å². The Morgan fingerprint density at radius 1 is 1.00 bits per heavy atom. The van der Waals surface area contributed by atoms with E-state index in [0.717, 1.165) is 12.0 Å². The van der Waals surface area contributed by atoms with Crippen LogP contribution in [0.2, 0.25) is 0 Å². The Hall–Kier alpha value is -2.73. The maximum absolute atomic E-state index is 14.4. The third-order valence-corrected chi connectivity index (χ3v) is 8.33. The van der Waals surface area contributed by atoms with E-state index in [9.17, 15) is 35.9 Å². The van der Waals surface area contributed by atoms with E-state index in [0.29, 0.717) is 5.56 Å². The summed E-state index contributed by atoms with van der Waals surface area (Å²) in [5.41, 5.74) is -8.48. The van der Waals surface area contributed by atoms with Crippen molar-refractivity contribution in [3.05, 3.63) is 65.7 Å². The van der Waals surface area contributed by atoms with Gasteiger partial charge in [0, 0.05) is 49.5 Å². The molecule has 2 aromatic rings. The van der Waals surface area contributed by atoms with Gasteiger partial charge < -0.3 is 15.0 Å². The number of nitrogens with zero attached hydrogens (tertiary/aromatic N) is 1. The first-order chi connectivity index (χ1) is 17.8. The van der Waals surface area contributed by atoms with Crippen LogP contribution in [0.1, 0.15) is 36.3 Å². The van der Waals surface area contributed by atoms with Gasteiger partial charge in [0.05, 0.1) is 0 Å². The number of carbonyl (C=O) groups excluding carboxylic acids is 2. The number of piperidine rings is 2. The summed E-state index contributed by atoms with van der Waals surface area (Å²) in [7, 11) is 0.834. The second-order valence-electron chi connectivity index (χ2n) is 9.52. The molecule has 0 bridgehead atoms. The van der Waals surface area contributed by atoms with Gasteiger partial charge in [0.25, 0.3) is 11.5 Å². The molecule has 2 atom stereocenters. The van der Waals surface area contributed by atoms with Crippen LogP contribution in [-0.2, 0) is 19.9 Å². The number of methoxy groups -OCH3 is 1. The molecule has 2 aliphatic rings. The van der Waals surface area contributed by atoms with Gasteiger partial charge in [-0.1, -0.05) is 48.5 Å². The highest BCUT2D eigenvalue weighted by atomic mass is 32.2. The van der Waals surface area contributed by atoms with Crippen LogP contribution in [0.4, 0.5) is 26.3 Å². The number of halogens is 6. The summed E-state index contributed by atoms with van der Waals surface area (Å²) in [5, 5.41) is 2.72. The summed E-state index contributed by atoms with van der Waals surface area (Å²) in [6.07, 6.45) is -4.77. The fourth-order valence-corrected chi connectivity index (χ4v) is 6.39. The maximum atomic E-state index is 14.4. The van der Waals surface area contributed by atoms with E-state index in [2.05, 4.69) is 5.32 Å². The van der Waals surface area contributed by atoms with Gasteiger partial charge >= 0.3 is 11.7 Å². The zero-order valence-electron chi connectivity index (χ0n) is 20.4. The Morgan fingerprint density at radius 2 is 1.61 bits per heavy atom. The van der Waals surface area contributed by atoms with Crippen LogP contribution >= 0.6 is 11.8 Å². The number of carbonyl (C=O) groups is 2. The standard InChI is InChI=1S/C26H26F6N2O3S/c1-37-24(25(27,28)29,17-7-3-2-4-8-17)22(36)34-13-11-23(12-14-34)15-21(35)33-16-19(23)18-9-5-6-10-20(18)38-26(30,31)32/h2-10,19H,11-16H2,1H3,(H,33,35)/t19-,24+/m0/s1. The summed E-state index contributed by atoms with van der Waals surface area (Å²) < 4.78 is 87.9. The number of thioether (sulfide) groups is 1. The number of hydrogen-bond acceptors (Lipinski definition) is 4. The molecule has 38 heavy (non-hydrogen) atoms. The van der Waals surface area contributed by atoms with E-state index in [-0.39, 0.29) is 67.0 Å². The summed E-state index contributed by atoms with van der Waals surface area (Å²) in [6.45, 7) is -0.118. The van der Waals surface area contributed by atoms with Gasteiger partial charge in [-0.15, -0.1) is 0 Å². The molecule has 2 heterocycles. The molecule has 2 fully saturated rings. The van der Waals surface area contributed by atoms with E-state index >= 15 is 0 Å². The van der Waals surface area contributed by atoms with Gasteiger partial charge in [0.15, 0.2) is 0 Å². The number of benzene rings is 2. The van der Waals surface area contributed by atoms with Crippen molar-refractivity contribution < 1.29 is 40.7 Å². The van der Waals surface area contributed by atoms with Crippen LogP contribution in [0, 0.1) is 5.41 Å². The van der Waals surface area contributed by atoms with Gasteiger partial charge in [-0.2, -0.15) is 26.3 Å². The summed E-state index contributed by atoms with van der Waals surface area (Å²) in [5.74, 6) is -2.06. The van der Waals surface area contributed by atoms with Crippen molar-refractivity contribution in [3.63, 3.8) is 0 Å². The Balaban J connectivity index is 1.64. The van der Waals surface area contributed by atoms with Crippen molar-refractivity contribution in [2.24, 2.45) is 5.41 Å². The molecule has 0 aromatic heterocycles. The third kappa shape index (κ3) is 5.25. The quantitative estimate of drug-likeness (QED) is 0.381. The molecule has 2 saturated heterocycles. The van der Waals surface area contributed by atoms with Crippen LogP contribution in [0.25, 0.3) is 0 Å². The molecule has 1 N–H and O–H groups in total. The van der Waals surface area contributed by atoms with Crippen LogP contribution in [0.3, 0.4) is 0 Å². The predicted molar refractivity (Wildman–Crippen MR) is 128 cm³/mol. The van der Waals surface area contributed by atoms with Crippen LogP contribution in [0.15, 0.2) is 59.5 Å². The molecular weight excluding hydrogens is 534 g/mol. The number of ether oxygens (including phenoxy) is 1. The fourth-order valence-electron chi connectivity index (χ4n) is 5.67.